The Labute approximate surface area is 130 Å². The maximum Gasteiger partial charge on any atom is 0.148 e. The first-order valence-corrected chi connectivity index (χ1v) is 8.05. The van der Waals surface area contributed by atoms with E-state index in [-0.39, 0.29) is 18.0 Å². The van der Waals surface area contributed by atoms with Crippen LogP contribution in [0.4, 0.5) is 4.39 Å². The number of nitrogens with two attached hydrogens (primary N) is 1. The Morgan fingerprint density at radius 3 is 2.65 bits per heavy atom. The van der Waals surface area contributed by atoms with E-state index in [1.807, 2.05) is 13.0 Å². The van der Waals surface area contributed by atoms with Crippen molar-refractivity contribution in [3.63, 3.8) is 0 Å². The summed E-state index contributed by atoms with van der Waals surface area (Å²) in [6.45, 7) is 4.08. The van der Waals surface area contributed by atoms with Crippen molar-refractivity contribution in [1.82, 2.24) is 0 Å². The van der Waals surface area contributed by atoms with Crippen LogP contribution in [0.25, 0.3) is 0 Å². The van der Waals surface area contributed by atoms with E-state index in [4.69, 9.17) is 10.5 Å². The third-order valence-corrected chi connectivity index (χ3v) is 4.73. The maximum absolute atomic E-state index is 13.3. The summed E-state index contributed by atoms with van der Waals surface area (Å²) in [5, 5.41) is 0. The van der Waals surface area contributed by atoms with Crippen molar-refractivity contribution in [2.24, 2.45) is 5.73 Å². The van der Waals surface area contributed by atoms with Crippen molar-refractivity contribution in [2.75, 3.05) is 0 Å². The number of thiophene rings is 1. The van der Waals surface area contributed by atoms with Gasteiger partial charge < -0.3 is 10.5 Å². The second-order valence-corrected chi connectivity index (χ2v) is 6.81. The predicted octanol–water partition coefficient (Wildman–Crippen LogP) is 4.82. The predicted molar refractivity (Wildman–Crippen MR) is 84.8 cm³/mol. The molecule has 1 aromatic carbocycles. The zero-order valence-corrected chi connectivity index (χ0v) is 13.8. The van der Waals surface area contributed by atoms with Gasteiger partial charge in [-0.25, -0.2) is 4.39 Å². The quantitative estimate of drug-likeness (QED) is 0.832. The highest BCUT2D eigenvalue weighted by Gasteiger charge is 2.22. The second-order valence-electron chi connectivity index (χ2n) is 4.63. The summed E-state index contributed by atoms with van der Waals surface area (Å²) in [5.74, 6) is 0.305. The largest absolute Gasteiger partial charge is 0.483 e. The van der Waals surface area contributed by atoms with Crippen molar-refractivity contribution in [2.45, 2.75) is 32.4 Å². The lowest BCUT2D eigenvalue weighted by Gasteiger charge is -2.23. The summed E-state index contributed by atoms with van der Waals surface area (Å²) in [5.41, 5.74) is 6.17. The third-order valence-electron chi connectivity index (χ3n) is 3.06. The fourth-order valence-corrected chi connectivity index (χ4v) is 3.21. The molecule has 0 fully saturated rings. The molecule has 0 bridgehead atoms. The van der Waals surface area contributed by atoms with E-state index < -0.39 is 0 Å². The molecule has 0 amide bonds. The Hall–Kier alpha value is -0.910. The Balaban J connectivity index is 2.25. The molecule has 2 nitrogen and oxygen atoms in total. The monoisotopic (exact) mass is 357 g/mol. The fourth-order valence-electron chi connectivity index (χ4n) is 1.87. The number of rotatable bonds is 5. The van der Waals surface area contributed by atoms with Crippen molar-refractivity contribution in [1.29, 1.82) is 0 Å². The molecule has 0 aliphatic carbocycles. The average Bonchev–Trinajstić information content (AvgIpc) is 2.85. The van der Waals surface area contributed by atoms with Crippen LogP contribution >= 0.6 is 27.3 Å². The van der Waals surface area contributed by atoms with Gasteiger partial charge in [-0.1, -0.05) is 6.92 Å². The van der Waals surface area contributed by atoms with Crippen LogP contribution in [0.15, 0.2) is 34.8 Å². The Morgan fingerprint density at radius 2 is 2.10 bits per heavy atom. The summed E-state index contributed by atoms with van der Waals surface area (Å²) in [6.07, 6.45) is 0.598. The number of benzene rings is 1. The van der Waals surface area contributed by atoms with Crippen LogP contribution in [0, 0.1) is 12.7 Å². The summed E-state index contributed by atoms with van der Waals surface area (Å²) < 4.78 is 19.6. The first-order valence-electron chi connectivity index (χ1n) is 6.45. The second kappa shape index (κ2) is 6.70. The molecule has 108 valence electrons. The number of aryl methyl sites for hydroxylation is 1. The van der Waals surface area contributed by atoms with Crippen molar-refractivity contribution in [3.05, 3.63) is 50.4 Å². The van der Waals surface area contributed by atoms with Crippen LogP contribution in [-0.2, 0) is 0 Å². The number of halogens is 2. The van der Waals surface area contributed by atoms with Gasteiger partial charge in [0.1, 0.15) is 17.7 Å². The van der Waals surface area contributed by atoms with Crippen LogP contribution in [0.3, 0.4) is 0 Å². The topological polar surface area (TPSA) is 35.2 Å². The van der Waals surface area contributed by atoms with Crippen molar-refractivity contribution >= 4 is 27.3 Å². The standard InChI is InChI=1S/C15H17BrFNOS/c1-3-13(18)15(14-7-4-9(2)20-14)19-10-5-6-12(17)11(16)8-10/h4-8,13,15H,3,18H2,1-2H3. The minimum absolute atomic E-state index is 0.100. The minimum Gasteiger partial charge on any atom is -0.483 e. The Morgan fingerprint density at radius 1 is 1.35 bits per heavy atom. The zero-order chi connectivity index (χ0) is 14.7. The molecule has 0 saturated carbocycles. The third kappa shape index (κ3) is 3.59. The molecule has 0 saturated heterocycles. The van der Waals surface area contributed by atoms with E-state index in [2.05, 4.69) is 28.9 Å². The van der Waals surface area contributed by atoms with Crippen LogP contribution in [0.2, 0.25) is 0 Å². The van der Waals surface area contributed by atoms with Gasteiger partial charge in [0.15, 0.2) is 0 Å². The van der Waals surface area contributed by atoms with E-state index in [1.54, 1.807) is 23.5 Å². The van der Waals surface area contributed by atoms with Crippen LogP contribution in [-0.4, -0.2) is 6.04 Å². The molecule has 20 heavy (non-hydrogen) atoms. The number of hydrogen-bond acceptors (Lipinski definition) is 3. The first-order chi connectivity index (χ1) is 9.51. The molecule has 2 aromatic rings. The highest BCUT2D eigenvalue weighted by atomic mass is 79.9. The summed E-state index contributed by atoms with van der Waals surface area (Å²) in [7, 11) is 0. The summed E-state index contributed by atoms with van der Waals surface area (Å²) >= 11 is 4.84. The van der Waals surface area contributed by atoms with E-state index in [0.717, 1.165) is 11.3 Å². The SMILES string of the molecule is CCC(N)C(Oc1ccc(F)c(Br)c1)c1ccc(C)s1. The molecule has 2 atom stereocenters. The fraction of sp³-hybridized carbons (Fsp3) is 0.333. The lowest BCUT2D eigenvalue weighted by Crippen LogP contribution is -2.30. The molecule has 0 radical (unpaired) electrons. The number of hydrogen-bond donors (Lipinski definition) is 1. The van der Waals surface area contributed by atoms with Gasteiger partial charge in [0.05, 0.1) is 4.47 Å². The van der Waals surface area contributed by atoms with Crippen molar-refractivity contribution in [3.8, 4) is 5.75 Å². The van der Waals surface area contributed by atoms with Gasteiger partial charge in [0.2, 0.25) is 0 Å². The van der Waals surface area contributed by atoms with Crippen molar-refractivity contribution < 1.29 is 9.13 Å². The zero-order valence-electron chi connectivity index (χ0n) is 11.4. The molecule has 2 unspecified atom stereocenters. The van der Waals surface area contributed by atoms with Gasteiger partial charge in [0.25, 0.3) is 0 Å². The molecule has 1 aromatic heterocycles. The van der Waals surface area contributed by atoms with E-state index >= 15 is 0 Å². The minimum atomic E-state index is -0.305. The molecule has 0 aliphatic heterocycles. The molecule has 2 rings (SSSR count). The number of ether oxygens (including phenoxy) is 1. The van der Waals surface area contributed by atoms with Gasteiger partial charge in [-0.2, -0.15) is 0 Å². The maximum atomic E-state index is 13.3. The Bertz CT molecular complexity index is 587. The smallest absolute Gasteiger partial charge is 0.148 e. The molecule has 0 spiro atoms. The van der Waals surface area contributed by atoms with E-state index in [0.29, 0.717) is 10.2 Å². The van der Waals surface area contributed by atoms with Crippen LogP contribution < -0.4 is 10.5 Å². The van der Waals surface area contributed by atoms with Crippen LogP contribution in [0.1, 0.15) is 29.2 Å². The summed E-state index contributed by atoms with van der Waals surface area (Å²) in [4.78, 5) is 2.31. The summed E-state index contributed by atoms with van der Waals surface area (Å²) in [6, 6.07) is 8.63. The molecule has 2 N–H and O–H groups in total. The lowest BCUT2D eigenvalue weighted by molar-refractivity contribution is 0.174. The van der Waals surface area contributed by atoms with E-state index in [9.17, 15) is 4.39 Å². The molecule has 1 heterocycles. The van der Waals surface area contributed by atoms with Gasteiger partial charge in [-0.3, -0.25) is 0 Å². The highest BCUT2D eigenvalue weighted by Crippen LogP contribution is 2.32. The average molecular weight is 358 g/mol. The highest BCUT2D eigenvalue weighted by molar-refractivity contribution is 9.10. The molecular formula is C15H17BrFNOS. The molecular weight excluding hydrogens is 341 g/mol. The van der Waals surface area contributed by atoms with Gasteiger partial charge in [-0.05, 0) is 59.6 Å². The molecule has 0 aliphatic rings. The van der Waals surface area contributed by atoms with Crippen LogP contribution in [0.5, 0.6) is 5.75 Å². The Kier molecular flexibility index (Phi) is 5.18. The van der Waals surface area contributed by atoms with Gasteiger partial charge in [0, 0.05) is 15.8 Å². The van der Waals surface area contributed by atoms with Gasteiger partial charge in [-0.15, -0.1) is 11.3 Å². The normalized spacial score (nSPS) is 14.1. The van der Waals surface area contributed by atoms with Gasteiger partial charge >= 0.3 is 0 Å². The first kappa shape index (κ1) is 15.5. The molecule has 5 heteroatoms. The van der Waals surface area contributed by atoms with E-state index in [1.165, 1.54) is 10.9 Å². The lowest BCUT2D eigenvalue weighted by atomic mass is 10.1.